The molecule has 0 aromatic carbocycles. The largest absolute Gasteiger partial charge is 0.297 e. The quantitative estimate of drug-likeness (QED) is 0.790. The molecule has 4 nitrogen and oxygen atoms in total. The van der Waals surface area contributed by atoms with E-state index in [1.807, 2.05) is 20.8 Å². The van der Waals surface area contributed by atoms with Crippen LogP contribution in [0.4, 0.5) is 0 Å². The number of aromatic nitrogens is 2. The van der Waals surface area contributed by atoms with E-state index in [1.54, 1.807) is 18.6 Å². The van der Waals surface area contributed by atoms with Gasteiger partial charge in [-0.05, 0) is 20.8 Å². The molecule has 0 bridgehead atoms. The fourth-order valence-corrected chi connectivity index (χ4v) is 2.18. The van der Waals surface area contributed by atoms with Gasteiger partial charge in [0, 0.05) is 24.2 Å². The summed E-state index contributed by atoms with van der Waals surface area (Å²) in [6, 6.07) is 2.58. The summed E-state index contributed by atoms with van der Waals surface area (Å²) in [5.41, 5.74) is -0.531. The minimum atomic E-state index is -0.531. The van der Waals surface area contributed by atoms with Crippen molar-refractivity contribution in [2.24, 2.45) is 0 Å². The van der Waals surface area contributed by atoms with Crippen molar-refractivity contribution in [3.8, 4) is 6.07 Å². The van der Waals surface area contributed by atoms with Crippen molar-refractivity contribution in [1.82, 2.24) is 15.3 Å². The Morgan fingerprint density at radius 3 is 2.81 bits per heavy atom. The molecule has 0 fully saturated rings. The lowest BCUT2D eigenvalue weighted by molar-refractivity contribution is 0.443. The third-order valence-corrected chi connectivity index (χ3v) is 3.13. The van der Waals surface area contributed by atoms with Crippen LogP contribution in [0.5, 0.6) is 0 Å². The molecule has 0 saturated heterocycles. The van der Waals surface area contributed by atoms with Crippen molar-refractivity contribution in [3.63, 3.8) is 0 Å². The number of nitrogens with one attached hydrogen (secondary N) is 1. The van der Waals surface area contributed by atoms with Gasteiger partial charge in [0.15, 0.2) is 0 Å². The molecule has 0 saturated carbocycles. The summed E-state index contributed by atoms with van der Waals surface area (Å²) in [4.78, 5) is 8.14. The second-order valence-electron chi connectivity index (χ2n) is 4.08. The highest BCUT2D eigenvalue weighted by Gasteiger charge is 2.24. The van der Waals surface area contributed by atoms with Gasteiger partial charge in [0.2, 0.25) is 0 Å². The monoisotopic (exact) mass is 236 g/mol. The van der Waals surface area contributed by atoms with Gasteiger partial charge in [-0.1, -0.05) is 0 Å². The molecule has 1 aromatic heterocycles. The van der Waals surface area contributed by atoms with Crippen molar-refractivity contribution in [1.29, 1.82) is 5.26 Å². The van der Waals surface area contributed by atoms with Crippen LogP contribution in [0.15, 0.2) is 23.6 Å². The lowest BCUT2D eigenvalue weighted by atomic mass is 10.1. The lowest BCUT2D eigenvalue weighted by Gasteiger charge is -2.25. The predicted octanol–water partition coefficient (Wildman–Crippen LogP) is 1.85. The first-order chi connectivity index (χ1) is 7.56. The second-order valence-corrected chi connectivity index (χ2v) is 5.07. The summed E-state index contributed by atoms with van der Waals surface area (Å²) >= 11 is 1.54. The number of hydrogen-bond donors (Lipinski definition) is 1. The fourth-order valence-electron chi connectivity index (χ4n) is 1.32. The lowest BCUT2D eigenvalue weighted by Crippen LogP contribution is -2.47. The molecule has 1 aromatic rings. The molecule has 1 heterocycles. The van der Waals surface area contributed by atoms with Gasteiger partial charge < -0.3 is 0 Å². The van der Waals surface area contributed by atoms with Crippen molar-refractivity contribution in [3.05, 3.63) is 18.6 Å². The van der Waals surface area contributed by atoms with E-state index in [0.717, 1.165) is 5.03 Å². The highest BCUT2D eigenvalue weighted by atomic mass is 32.2. The van der Waals surface area contributed by atoms with Gasteiger partial charge >= 0.3 is 0 Å². The van der Waals surface area contributed by atoms with Crippen LogP contribution in [0.2, 0.25) is 0 Å². The van der Waals surface area contributed by atoms with Crippen LogP contribution < -0.4 is 5.32 Å². The Morgan fingerprint density at radius 2 is 2.31 bits per heavy atom. The molecule has 0 radical (unpaired) electrons. The summed E-state index contributed by atoms with van der Waals surface area (Å²) in [6.07, 6.45) is 5.00. The van der Waals surface area contributed by atoms with Crippen LogP contribution in [0.3, 0.4) is 0 Å². The van der Waals surface area contributed by atoms with E-state index in [9.17, 15) is 0 Å². The molecule has 86 valence electrons. The van der Waals surface area contributed by atoms with Gasteiger partial charge in [-0.3, -0.25) is 10.3 Å². The fraction of sp³-hybridized carbons (Fsp3) is 0.545. The number of rotatable bonds is 5. The minimum Gasteiger partial charge on any atom is -0.297 e. The van der Waals surface area contributed by atoms with E-state index < -0.39 is 5.54 Å². The Hall–Kier alpha value is -1.12. The van der Waals surface area contributed by atoms with E-state index in [1.165, 1.54) is 11.8 Å². The molecule has 16 heavy (non-hydrogen) atoms. The second kappa shape index (κ2) is 5.83. The van der Waals surface area contributed by atoms with Gasteiger partial charge in [-0.25, -0.2) is 4.98 Å². The van der Waals surface area contributed by atoms with Crippen molar-refractivity contribution < 1.29 is 0 Å². The Morgan fingerprint density at radius 1 is 1.56 bits per heavy atom. The molecule has 1 atom stereocenters. The van der Waals surface area contributed by atoms with Crippen molar-refractivity contribution in [2.45, 2.75) is 37.4 Å². The molecule has 1 rings (SSSR count). The van der Waals surface area contributed by atoms with E-state index in [2.05, 4.69) is 21.4 Å². The molecule has 1 unspecified atom stereocenters. The standard InChI is InChI=1S/C11H16N4S/c1-9(2)15-11(3,7-12)8-16-10-6-13-4-5-14-10/h4-6,9,15H,8H2,1-3H3. The summed E-state index contributed by atoms with van der Waals surface area (Å²) in [6.45, 7) is 5.96. The number of hydrogen-bond acceptors (Lipinski definition) is 5. The third kappa shape index (κ3) is 4.17. The van der Waals surface area contributed by atoms with Crippen molar-refractivity contribution in [2.75, 3.05) is 5.75 Å². The molecule has 5 heteroatoms. The molecule has 1 N–H and O–H groups in total. The van der Waals surface area contributed by atoms with E-state index in [-0.39, 0.29) is 6.04 Å². The maximum absolute atomic E-state index is 9.15. The van der Waals surface area contributed by atoms with Gasteiger partial charge in [0.05, 0.1) is 12.3 Å². The smallest absolute Gasteiger partial charge is 0.114 e. The average molecular weight is 236 g/mol. The molecule has 0 aliphatic rings. The maximum Gasteiger partial charge on any atom is 0.114 e. The van der Waals surface area contributed by atoms with Crippen LogP contribution in [-0.4, -0.2) is 27.3 Å². The topological polar surface area (TPSA) is 61.6 Å². The first kappa shape index (κ1) is 12.9. The zero-order chi connectivity index (χ0) is 12.0. The highest BCUT2D eigenvalue weighted by molar-refractivity contribution is 7.99. The molecule has 0 spiro atoms. The Bertz CT molecular complexity index is 360. The number of nitriles is 1. The highest BCUT2D eigenvalue weighted by Crippen LogP contribution is 2.19. The van der Waals surface area contributed by atoms with Crippen LogP contribution in [0, 0.1) is 11.3 Å². The molecule has 0 amide bonds. The summed E-state index contributed by atoms with van der Waals surface area (Å²) in [7, 11) is 0. The number of nitrogens with zero attached hydrogens (tertiary/aromatic N) is 3. The van der Waals surface area contributed by atoms with Crippen LogP contribution in [0.1, 0.15) is 20.8 Å². The number of thioether (sulfide) groups is 1. The third-order valence-electron chi connectivity index (χ3n) is 1.90. The van der Waals surface area contributed by atoms with Gasteiger partial charge in [0.25, 0.3) is 0 Å². The Labute approximate surface area is 100 Å². The average Bonchev–Trinajstić information content (AvgIpc) is 2.27. The Balaban J connectivity index is 2.56. The van der Waals surface area contributed by atoms with Crippen LogP contribution in [-0.2, 0) is 0 Å². The van der Waals surface area contributed by atoms with Crippen LogP contribution >= 0.6 is 11.8 Å². The summed E-state index contributed by atoms with van der Waals surface area (Å²) in [5.74, 6) is 0.653. The van der Waals surface area contributed by atoms with E-state index in [4.69, 9.17) is 5.26 Å². The molecule has 0 aliphatic heterocycles. The normalized spacial score (nSPS) is 14.4. The zero-order valence-electron chi connectivity index (χ0n) is 9.77. The van der Waals surface area contributed by atoms with Crippen LogP contribution in [0.25, 0.3) is 0 Å². The van der Waals surface area contributed by atoms with Gasteiger partial charge in [0.1, 0.15) is 10.6 Å². The zero-order valence-corrected chi connectivity index (χ0v) is 10.6. The first-order valence-electron chi connectivity index (χ1n) is 5.13. The maximum atomic E-state index is 9.15. The Kier molecular flexibility index (Phi) is 4.71. The van der Waals surface area contributed by atoms with E-state index in [0.29, 0.717) is 5.75 Å². The first-order valence-corrected chi connectivity index (χ1v) is 6.12. The van der Waals surface area contributed by atoms with Gasteiger partial charge in [-0.2, -0.15) is 5.26 Å². The van der Waals surface area contributed by atoms with Gasteiger partial charge in [-0.15, -0.1) is 11.8 Å². The molecule has 0 aliphatic carbocycles. The predicted molar refractivity (Wildman–Crippen MR) is 65.0 cm³/mol. The molecular weight excluding hydrogens is 220 g/mol. The SMILES string of the molecule is CC(C)NC(C)(C#N)CSc1cnccn1. The summed E-state index contributed by atoms with van der Waals surface area (Å²) in [5, 5.41) is 13.2. The van der Waals surface area contributed by atoms with Crippen molar-refractivity contribution >= 4 is 11.8 Å². The molecular formula is C11H16N4S. The van der Waals surface area contributed by atoms with E-state index >= 15 is 0 Å². The minimum absolute atomic E-state index is 0.284. The summed E-state index contributed by atoms with van der Waals surface area (Å²) < 4.78 is 0.